The number of imide groups is 2. The van der Waals surface area contributed by atoms with E-state index in [1.807, 2.05) is 74.5 Å². The number of halogens is 2. The fourth-order valence-electron chi connectivity index (χ4n) is 10.4. The first-order chi connectivity index (χ1) is 30.2. The van der Waals surface area contributed by atoms with Crippen LogP contribution in [0.4, 0.5) is 33.0 Å². The minimum atomic E-state index is -1.50. The first kappa shape index (κ1) is 40.6. The normalized spacial score (nSPS) is 24.4. The van der Waals surface area contributed by atoms with Gasteiger partial charge in [0.1, 0.15) is 11.5 Å². The quantitative estimate of drug-likeness (QED) is 0.0956. The van der Waals surface area contributed by atoms with Gasteiger partial charge < -0.3 is 10.0 Å². The molecule has 3 fully saturated rings. The van der Waals surface area contributed by atoms with Crippen molar-refractivity contribution in [2.75, 3.05) is 28.8 Å². The fraction of sp³-hybridized carbons (Fsp3) is 0.271. The van der Waals surface area contributed by atoms with Crippen LogP contribution in [0.15, 0.2) is 113 Å². The summed E-state index contributed by atoms with van der Waals surface area (Å²) in [7, 11) is 5.58. The summed E-state index contributed by atoms with van der Waals surface area (Å²) >= 11 is 7.85. The van der Waals surface area contributed by atoms with Crippen LogP contribution >= 0.6 is 22.9 Å². The number of anilines is 3. The van der Waals surface area contributed by atoms with Crippen molar-refractivity contribution in [1.29, 1.82) is 0 Å². The number of carbonyl (C=O) groups excluding carboxylic acids is 4. The summed E-state index contributed by atoms with van der Waals surface area (Å²) < 4.78 is 17.8. The maximum absolute atomic E-state index is 15.3. The number of aryl methyl sites for hydroxylation is 2. The topological polar surface area (TPSA) is 141 Å². The summed E-state index contributed by atoms with van der Waals surface area (Å²) in [6, 6.07) is 25.8. The third-order valence-electron chi connectivity index (χ3n) is 13.6. The van der Waals surface area contributed by atoms with Gasteiger partial charge in [0.15, 0.2) is 11.6 Å². The second-order valence-electron chi connectivity index (χ2n) is 17.2. The lowest BCUT2D eigenvalue weighted by atomic mass is 9.51. The van der Waals surface area contributed by atoms with E-state index < -0.39 is 64.3 Å². The van der Waals surface area contributed by atoms with Gasteiger partial charge in [-0.2, -0.15) is 15.3 Å². The Morgan fingerprint density at radius 2 is 1.59 bits per heavy atom. The number of rotatable bonds is 7. The average molecular weight is 882 g/mol. The maximum atomic E-state index is 15.3. The van der Waals surface area contributed by atoms with Gasteiger partial charge in [-0.3, -0.25) is 28.8 Å². The molecular weight excluding hydrogens is 841 g/mol. The molecule has 0 spiro atoms. The van der Waals surface area contributed by atoms with Gasteiger partial charge in [0.05, 0.1) is 45.1 Å². The number of hydrogen-bond acceptors (Lipinski definition) is 10. The predicted octanol–water partition coefficient (Wildman–Crippen LogP) is 10.0. The molecule has 6 aromatic rings. The maximum Gasteiger partial charge on any atom is 0.242 e. The van der Waals surface area contributed by atoms with E-state index in [4.69, 9.17) is 16.7 Å². The Bertz CT molecular complexity index is 3000. The van der Waals surface area contributed by atoms with E-state index in [0.717, 1.165) is 37.2 Å². The number of azo groups is 1. The van der Waals surface area contributed by atoms with Gasteiger partial charge >= 0.3 is 0 Å². The Hall–Kier alpha value is -6.51. The molecule has 4 aromatic carbocycles. The van der Waals surface area contributed by atoms with Crippen LogP contribution in [0.25, 0.3) is 20.7 Å². The summed E-state index contributed by atoms with van der Waals surface area (Å²) in [4.78, 5) is 64.2. The summed E-state index contributed by atoms with van der Waals surface area (Å²) in [6.07, 6.45) is 2.13. The molecule has 1 N–H and O–H groups in total. The number of amides is 4. The van der Waals surface area contributed by atoms with E-state index in [1.54, 1.807) is 50.4 Å². The molecule has 0 unspecified atom stereocenters. The van der Waals surface area contributed by atoms with Crippen molar-refractivity contribution >= 4 is 85.2 Å². The van der Waals surface area contributed by atoms with Crippen LogP contribution < -0.4 is 14.7 Å². The number of aromatic nitrogens is 2. The highest BCUT2D eigenvalue weighted by Crippen LogP contribution is 2.64. The molecule has 2 aromatic heterocycles. The second kappa shape index (κ2) is 14.8. The molecule has 63 heavy (non-hydrogen) atoms. The van der Waals surface area contributed by atoms with Crippen molar-refractivity contribution in [2.24, 2.45) is 46.4 Å². The Kier molecular flexibility index (Phi) is 9.53. The number of phenols is 1. The summed E-state index contributed by atoms with van der Waals surface area (Å²) in [5.41, 5.74) is 3.38. The molecule has 0 bridgehead atoms. The summed E-state index contributed by atoms with van der Waals surface area (Å²) in [5.74, 6) is -7.33. The van der Waals surface area contributed by atoms with Crippen molar-refractivity contribution in [1.82, 2.24) is 9.78 Å². The smallest absolute Gasteiger partial charge is 0.242 e. The van der Waals surface area contributed by atoms with Crippen LogP contribution in [-0.4, -0.2) is 52.6 Å². The average Bonchev–Trinajstić information content (AvgIpc) is 3.94. The van der Waals surface area contributed by atoms with Crippen LogP contribution in [0, 0.1) is 41.8 Å². The molecule has 10 rings (SSSR count). The van der Waals surface area contributed by atoms with E-state index in [1.165, 1.54) is 27.0 Å². The van der Waals surface area contributed by atoms with Crippen LogP contribution in [-0.2, 0) is 26.2 Å². The molecule has 15 heteroatoms. The number of nitrogens with zero attached hydrogens (tertiary/aromatic N) is 7. The molecule has 2 saturated heterocycles. The number of para-hydroxylation sites is 1. The van der Waals surface area contributed by atoms with Crippen molar-refractivity contribution in [3.05, 3.63) is 125 Å². The molecule has 318 valence electrons. The number of fused-ring (bicyclic) bond motifs is 5. The highest BCUT2D eigenvalue weighted by molar-refractivity contribution is 7.22. The zero-order valence-corrected chi connectivity index (χ0v) is 36.5. The number of aromatic hydroxyl groups is 1. The second-order valence-corrected chi connectivity index (χ2v) is 18.7. The zero-order valence-electron chi connectivity index (χ0n) is 34.9. The standard InChI is InChI=1S/C48H41ClFN7O5S/c1-24-33-21-25(49)9-20-38(33)63-43(24)37-23-39(55(5)53-37)57-45(60)35-22-34-30(41(48(35,2)47(57)62)32-7-6-8-36(50)42(32)58)18-19-31-40(34)46(61)56(44(31)59)29-16-12-27(13-17-29)52-51-26-10-14-28(15-11-26)54(3)4/h6-18,20-21,23,31,34-35,40-41,58H,19,22H2,1-5H3/t31-,34+,35-,40-,41+,48+/m0/s1. The Balaban J connectivity index is 0.993. The lowest BCUT2D eigenvalue weighted by Crippen LogP contribution is -2.49. The SMILES string of the molecule is Cc1c(-c2cc(N3C(=O)[C@@H]4C[C@@H]5C(=CC[C@@H]6C(=O)N(c7ccc(N=Nc8ccc(N(C)C)cc8)cc7)C(=O)[C@@H]65)[C@H](c5cccc(F)c5O)[C@]4(C)C3=O)n(C)n2)sc2ccc(Cl)cc12. The first-order valence-electron chi connectivity index (χ1n) is 20.6. The van der Waals surface area contributed by atoms with Crippen LogP contribution in [0.3, 0.4) is 0 Å². The number of benzene rings is 4. The molecule has 2 aliphatic heterocycles. The fourth-order valence-corrected chi connectivity index (χ4v) is 11.7. The van der Waals surface area contributed by atoms with Gasteiger partial charge in [-0.25, -0.2) is 9.29 Å². The van der Waals surface area contributed by atoms with Crippen molar-refractivity contribution in [3.8, 4) is 16.3 Å². The predicted molar refractivity (Wildman–Crippen MR) is 240 cm³/mol. The zero-order chi connectivity index (χ0) is 44.2. The largest absolute Gasteiger partial charge is 0.505 e. The lowest BCUT2D eigenvalue weighted by Gasteiger charge is -2.49. The third-order valence-corrected chi connectivity index (χ3v) is 15.1. The number of allylic oxidation sites excluding steroid dienone is 2. The van der Waals surface area contributed by atoms with Crippen LogP contribution in [0.2, 0.25) is 5.02 Å². The molecule has 4 aliphatic rings. The van der Waals surface area contributed by atoms with Crippen molar-refractivity contribution in [2.45, 2.75) is 32.6 Å². The van der Waals surface area contributed by atoms with Gasteiger partial charge in [-0.15, -0.1) is 11.3 Å². The summed E-state index contributed by atoms with van der Waals surface area (Å²) in [5, 5.41) is 26.4. The minimum absolute atomic E-state index is 0.0831. The third kappa shape index (κ3) is 6.16. The van der Waals surface area contributed by atoms with Gasteiger partial charge in [0.25, 0.3) is 0 Å². The molecule has 6 atom stereocenters. The lowest BCUT2D eigenvalue weighted by molar-refractivity contribution is -0.131. The van der Waals surface area contributed by atoms with E-state index in [2.05, 4.69) is 10.2 Å². The number of thiophene rings is 1. The van der Waals surface area contributed by atoms with Gasteiger partial charge in [0.2, 0.25) is 23.6 Å². The molecule has 4 heterocycles. The molecule has 4 amide bonds. The van der Waals surface area contributed by atoms with Crippen molar-refractivity contribution in [3.63, 3.8) is 0 Å². The molecule has 12 nitrogen and oxygen atoms in total. The summed E-state index contributed by atoms with van der Waals surface area (Å²) in [6.45, 7) is 3.67. The Labute approximate surface area is 370 Å². The van der Waals surface area contributed by atoms with Crippen LogP contribution in [0.5, 0.6) is 5.75 Å². The van der Waals surface area contributed by atoms with Gasteiger partial charge in [0, 0.05) is 54.1 Å². The Morgan fingerprint density at radius 3 is 2.29 bits per heavy atom. The monoisotopic (exact) mass is 881 g/mol. The molecule has 2 aliphatic carbocycles. The molecular formula is C48H41ClFN7O5S. The van der Waals surface area contributed by atoms with Crippen molar-refractivity contribution < 1.29 is 28.7 Å². The highest BCUT2D eigenvalue weighted by Gasteiger charge is 2.68. The van der Waals surface area contributed by atoms with E-state index >= 15 is 9.18 Å². The van der Waals surface area contributed by atoms with Gasteiger partial charge in [-0.1, -0.05) is 35.4 Å². The van der Waals surface area contributed by atoms with Crippen LogP contribution in [0.1, 0.15) is 36.8 Å². The molecule has 0 radical (unpaired) electrons. The van der Waals surface area contributed by atoms with E-state index in [-0.39, 0.29) is 30.1 Å². The number of carbonyl (C=O) groups is 4. The highest BCUT2D eigenvalue weighted by atomic mass is 35.5. The Morgan fingerprint density at radius 1 is 0.889 bits per heavy atom. The first-order valence-corrected chi connectivity index (χ1v) is 21.8. The van der Waals surface area contributed by atoms with Gasteiger partial charge in [-0.05, 0) is 116 Å². The number of hydrogen-bond donors (Lipinski definition) is 1. The molecule has 1 saturated carbocycles. The van der Waals surface area contributed by atoms with E-state index in [9.17, 15) is 19.5 Å². The van der Waals surface area contributed by atoms with E-state index in [0.29, 0.717) is 33.4 Å². The minimum Gasteiger partial charge on any atom is -0.505 e. The number of phenolic OH excluding ortho intramolecular Hbond substituents is 1.